The molecular formula is C32H39N5O3. The number of fused-ring (bicyclic) bond motifs is 1. The molecular weight excluding hydrogens is 502 g/mol. The van der Waals surface area contributed by atoms with E-state index in [-0.39, 0.29) is 0 Å². The molecule has 0 amide bonds. The van der Waals surface area contributed by atoms with Crippen LogP contribution in [0.5, 0.6) is 11.5 Å². The number of piperidine rings is 2. The van der Waals surface area contributed by atoms with Crippen LogP contribution in [-0.2, 0) is 0 Å². The maximum Gasteiger partial charge on any atom is 0.232 e. The van der Waals surface area contributed by atoms with Crippen LogP contribution < -0.4 is 14.8 Å². The van der Waals surface area contributed by atoms with Crippen molar-refractivity contribution in [3.05, 3.63) is 54.9 Å². The Morgan fingerprint density at radius 1 is 0.925 bits per heavy atom. The summed E-state index contributed by atoms with van der Waals surface area (Å²) in [5.41, 5.74) is 3.51. The smallest absolute Gasteiger partial charge is 0.232 e. The minimum Gasteiger partial charge on any atom is -0.493 e. The minimum atomic E-state index is 0.359. The van der Waals surface area contributed by atoms with E-state index < -0.39 is 0 Å². The van der Waals surface area contributed by atoms with E-state index in [9.17, 15) is 0 Å². The third kappa shape index (κ3) is 5.78. The second kappa shape index (κ2) is 12.3. The lowest BCUT2D eigenvalue weighted by Gasteiger charge is -2.29. The lowest BCUT2D eigenvalue weighted by atomic mass is 9.98. The Bertz CT molecular complexity index is 1410. The maximum absolute atomic E-state index is 6.48. The van der Waals surface area contributed by atoms with Gasteiger partial charge in [-0.15, -0.1) is 0 Å². The van der Waals surface area contributed by atoms with E-state index >= 15 is 0 Å². The predicted molar refractivity (Wildman–Crippen MR) is 159 cm³/mol. The number of rotatable bonds is 9. The van der Waals surface area contributed by atoms with Crippen LogP contribution in [0.4, 0.5) is 5.82 Å². The normalized spacial score (nSPS) is 17.2. The van der Waals surface area contributed by atoms with Crippen molar-refractivity contribution in [2.24, 2.45) is 0 Å². The third-order valence-corrected chi connectivity index (χ3v) is 8.15. The number of benzene rings is 2. The molecule has 6 rings (SSSR count). The molecule has 0 spiro atoms. The van der Waals surface area contributed by atoms with Gasteiger partial charge in [0.15, 0.2) is 11.5 Å². The third-order valence-electron chi connectivity index (χ3n) is 8.15. The fourth-order valence-corrected chi connectivity index (χ4v) is 5.87. The number of likely N-dealkylation sites (tertiary alicyclic amines) is 2. The summed E-state index contributed by atoms with van der Waals surface area (Å²) in [4.78, 5) is 14.1. The van der Waals surface area contributed by atoms with Gasteiger partial charge in [-0.05, 0) is 82.7 Å². The van der Waals surface area contributed by atoms with Gasteiger partial charge >= 0.3 is 0 Å². The summed E-state index contributed by atoms with van der Waals surface area (Å²) in [5, 5.41) is 4.62. The summed E-state index contributed by atoms with van der Waals surface area (Å²) >= 11 is 0. The number of furan rings is 1. The summed E-state index contributed by atoms with van der Waals surface area (Å²) in [6.45, 7) is 6.02. The molecule has 40 heavy (non-hydrogen) atoms. The van der Waals surface area contributed by atoms with Gasteiger partial charge in [0.1, 0.15) is 24.5 Å². The number of hydrogen-bond acceptors (Lipinski definition) is 8. The molecule has 2 aliphatic rings. The van der Waals surface area contributed by atoms with Crippen LogP contribution in [0.1, 0.15) is 32.1 Å². The second-order valence-electron chi connectivity index (χ2n) is 10.9. The summed E-state index contributed by atoms with van der Waals surface area (Å²) in [5.74, 6) is 2.99. The first kappa shape index (κ1) is 26.6. The largest absolute Gasteiger partial charge is 0.493 e. The van der Waals surface area contributed by atoms with Gasteiger partial charge in [0.25, 0.3) is 0 Å². The lowest BCUT2D eigenvalue weighted by Crippen LogP contribution is -2.36. The van der Waals surface area contributed by atoms with Crippen molar-refractivity contribution in [1.82, 2.24) is 19.8 Å². The Morgan fingerprint density at radius 2 is 1.73 bits per heavy atom. The molecule has 0 atom stereocenters. The molecule has 0 unspecified atom stereocenters. The fraction of sp³-hybridized carbons (Fsp3) is 0.438. The molecule has 0 bridgehead atoms. The average Bonchev–Trinajstić information content (AvgIpc) is 3.40. The van der Waals surface area contributed by atoms with E-state index in [0.717, 1.165) is 85.0 Å². The Balaban J connectivity index is 1.33. The number of nitrogens with one attached hydrogen (secondary N) is 1. The van der Waals surface area contributed by atoms with Gasteiger partial charge in [0.2, 0.25) is 5.71 Å². The molecule has 8 nitrogen and oxygen atoms in total. The van der Waals surface area contributed by atoms with Gasteiger partial charge in [0.05, 0.1) is 12.5 Å². The number of nitrogens with zero attached hydrogens (tertiary/aromatic N) is 4. The van der Waals surface area contributed by atoms with Crippen molar-refractivity contribution in [3.8, 4) is 33.9 Å². The Morgan fingerprint density at radius 3 is 2.50 bits per heavy atom. The van der Waals surface area contributed by atoms with Crippen LogP contribution in [0.25, 0.3) is 33.6 Å². The highest BCUT2D eigenvalue weighted by molar-refractivity contribution is 6.06. The Hall–Kier alpha value is -3.62. The zero-order chi connectivity index (χ0) is 27.3. The zero-order valence-electron chi connectivity index (χ0n) is 23.6. The number of anilines is 1. The minimum absolute atomic E-state index is 0.359. The quantitative estimate of drug-likeness (QED) is 0.279. The highest BCUT2D eigenvalue weighted by Gasteiger charge is 2.25. The topological polar surface area (TPSA) is 75.9 Å². The maximum atomic E-state index is 6.48. The summed E-state index contributed by atoms with van der Waals surface area (Å²) < 4.78 is 18.4. The van der Waals surface area contributed by atoms with Crippen molar-refractivity contribution in [1.29, 1.82) is 0 Å². The molecule has 0 aliphatic carbocycles. The molecule has 1 N–H and O–H groups in total. The standard InChI is InChI=1S/C32H39N5O3/c1-36-17-13-25(14-18-36)35-31-29-28(23-9-5-3-6-10-23)30(40-32(29)34-22-33-31)24-11-12-26(27(21-24)38-2)39-20-19-37-15-7-4-8-16-37/h3,5-6,9-12,21-22,25H,4,7-8,13-20H2,1-2H3,(H,33,34,35). The first-order chi connectivity index (χ1) is 19.7. The lowest BCUT2D eigenvalue weighted by molar-refractivity contribution is 0.180. The highest BCUT2D eigenvalue weighted by atomic mass is 16.5. The van der Waals surface area contributed by atoms with Crippen molar-refractivity contribution < 1.29 is 13.9 Å². The van der Waals surface area contributed by atoms with Crippen molar-refractivity contribution in [2.45, 2.75) is 38.1 Å². The first-order valence-electron chi connectivity index (χ1n) is 14.5. The molecule has 0 radical (unpaired) electrons. The van der Waals surface area contributed by atoms with Gasteiger partial charge in [0, 0.05) is 23.7 Å². The van der Waals surface area contributed by atoms with Gasteiger partial charge in [-0.3, -0.25) is 4.90 Å². The molecule has 4 aromatic rings. The van der Waals surface area contributed by atoms with Gasteiger partial charge < -0.3 is 24.1 Å². The fourth-order valence-electron chi connectivity index (χ4n) is 5.87. The van der Waals surface area contributed by atoms with Crippen LogP contribution in [-0.4, -0.2) is 79.3 Å². The predicted octanol–water partition coefficient (Wildman–Crippen LogP) is 5.94. The van der Waals surface area contributed by atoms with Crippen LogP contribution >= 0.6 is 0 Å². The zero-order valence-corrected chi connectivity index (χ0v) is 23.6. The second-order valence-corrected chi connectivity index (χ2v) is 10.9. The number of methoxy groups -OCH3 is 1. The van der Waals surface area contributed by atoms with E-state index in [1.165, 1.54) is 19.3 Å². The Labute approximate surface area is 236 Å². The van der Waals surface area contributed by atoms with Gasteiger partial charge in [-0.25, -0.2) is 9.97 Å². The average molecular weight is 542 g/mol. The molecule has 2 aliphatic heterocycles. The summed E-state index contributed by atoms with van der Waals surface area (Å²) in [6, 6.07) is 16.7. The van der Waals surface area contributed by atoms with Crippen LogP contribution in [0, 0.1) is 0 Å². The van der Waals surface area contributed by atoms with E-state index in [4.69, 9.17) is 13.9 Å². The number of ether oxygens (including phenoxy) is 2. The first-order valence-corrected chi connectivity index (χ1v) is 14.5. The molecule has 2 fully saturated rings. The molecule has 2 saturated heterocycles. The van der Waals surface area contributed by atoms with E-state index in [2.05, 4.69) is 44.3 Å². The summed E-state index contributed by atoms with van der Waals surface area (Å²) in [7, 11) is 3.86. The van der Waals surface area contributed by atoms with Gasteiger partial charge in [-0.1, -0.05) is 36.8 Å². The van der Waals surface area contributed by atoms with Crippen molar-refractivity contribution in [3.63, 3.8) is 0 Å². The van der Waals surface area contributed by atoms with E-state index in [1.54, 1.807) is 13.4 Å². The Kier molecular flexibility index (Phi) is 8.16. The molecule has 2 aromatic heterocycles. The molecule has 210 valence electrons. The SMILES string of the molecule is COc1cc(-c2oc3ncnc(NC4CCN(C)CC4)c3c2-c2ccccc2)ccc1OCCN1CCCCC1. The van der Waals surface area contributed by atoms with Gasteiger partial charge in [-0.2, -0.15) is 0 Å². The van der Waals surface area contributed by atoms with E-state index in [0.29, 0.717) is 24.1 Å². The number of hydrogen-bond donors (Lipinski definition) is 1. The van der Waals surface area contributed by atoms with Crippen LogP contribution in [0.15, 0.2) is 59.3 Å². The molecule has 4 heterocycles. The highest BCUT2D eigenvalue weighted by Crippen LogP contribution is 2.44. The molecule has 2 aromatic carbocycles. The van der Waals surface area contributed by atoms with Crippen LogP contribution in [0.3, 0.4) is 0 Å². The van der Waals surface area contributed by atoms with E-state index in [1.807, 2.05) is 36.4 Å². The monoisotopic (exact) mass is 541 g/mol. The molecule has 8 heteroatoms. The van der Waals surface area contributed by atoms with Crippen LogP contribution in [0.2, 0.25) is 0 Å². The number of aromatic nitrogens is 2. The van der Waals surface area contributed by atoms with Crippen molar-refractivity contribution in [2.75, 3.05) is 58.8 Å². The molecule has 0 saturated carbocycles. The summed E-state index contributed by atoms with van der Waals surface area (Å²) in [6.07, 6.45) is 7.62. The van der Waals surface area contributed by atoms with Crippen molar-refractivity contribution >= 4 is 16.9 Å².